The second-order valence-corrected chi connectivity index (χ2v) is 4.65. The molecule has 0 amide bonds. The van der Waals surface area contributed by atoms with Gasteiger partial charge in [-0.1, -0.05) is 0 Å². The number of hydrogen-bond acceptors (Lipinski definition) is 2. The van der Waals surface area contributed by atoms with Crippen molar-refractivity contribution in [3.05, 3.63) is 27.7 Å². The first-order valence-electron chi connectivity index (χ1n) is 5.07. The fourth-order valence-electron chi connectivity index (χ4n) is 2.07. The van der Waals surface area contributed by atoms with Crippen LogP contribution in [0.25, 0.3) is 0 Å². The summed E-state index contributed by atoms with van der Waals surface area (Å²) in [4.78, 5) is 0. The molecule has 0 saturated carbocycles. The molecule has 0 radical (unpaired) electrons. The number of ether oxygens (including phenoxy) is 1. The molecule has 88 valence electrons. The molecule has 1 aliphatic heterocycles. The predicted octanol–water partition coefficient (Wildman–Crippen LogP) is 2.81. The van der Waals surface area contributed by atoms with Gasteiger partial charge in [0, 0.05) is 18.0 Å². The first kappa shape index (κ1) is 11.8. The van der Waals surface area contributed by atoms with Gasteiger partial charge in [0.2, 0.25) is 0 Å². The quantitative estimate of drug-likeness (QED) is 0.846. The fraction of sp³-hybridized carbons (Fsp3) is 0.455. The van der Waals surface area contributed by atoms with Crippen molar-refractivity contribution in [2.45, 2.75) is 12.3 Å². The Bertz CT molecular complexity index is 405. The SMILES string of the molecule is COc1c(F)cc(Br)c(F)c1C1CCNC1. The van der Waals surface area contributed by atoms with Crippen LogP contribution < -0.4 is 10.1 Å². The molecule has 0 spiro atoms. The molecule has 5 heteroatoms. The Morgan fingerprint density at radius 3 is 2.81 bits per heavy atom. The summed E-state index contributed by atoms with van der Waals surface area (Å²) in [5, 5.41) is 3.13. The molecule has 16 heavy (non-hydrogen) atoms. The third-order valence-corrected chi connectivity index (χ3v) is 3.41. The van der Waals surface area contributed by atoms with Gasteiger partial charge in [-0.3, -0.25) is 0 Å². The van der Waals surface area contributed by atoms with E-state index >= 15 is 0 Å². The van der Waals surface area contributed by atoms with Crippen molar-refractivity contribution in [3.8, 4) is 5.75 Å². The maximum Gasteiger partial charge on any atom is 0.166 e. The first-order chi connectivity index (χ1) is 7.65. The Morgan fingerprint density at radius 2 is 2.25 bits per heavy atom. The highest BCUT2D eigenvalue weighted by molar-refractivity contribution is 9.10. The topological polar surface area (TPSA) is 21.3 Å². The number of nitrogens with one attached hydrogen (secondary N) is 1. The van der Waals surface area contributed by atoms with Crippen LogP contribution in [0.3, 0.4) is 0 Å². The van der Waals surface area contributed by atoms with Crippen LogP contribution in [0.2, 0.25) is 0 Å². The van der Waals surface area contributed by atoms with Crippen LogP contribution in [-0.4, -0.2) is 20.2 Å². The zero-order chi connectivity index (χ0) is 11.7. The van der Waals surface area contributed by atoms with E-state index in [1.165, 1.54) is 7.11 Å². The summed E-state index contributed by atoms with van der Waals surface area (Å²) in [6.07, 6.45) is 0.795. The molecule has 1 aromatic carbocycles. The summed E-state index contributed by atoms with van der Waals surface area (Å²) in [6, 6.07) is 1.10. The van der Waals surface area contributed by atoms with Gasteiger partial charge in [0.25, 0.3) is 0 Å². The van der Waals surface area contributed by atoms with Gasteiger partial charge in [-0.05, 0) is 35.0 Å². The molecule has 1 aromatic rings. The third kappa shape index (κ3) is 1.94. The number of halogens is 3. The number of benzene rings is 1. The van der Waals surface area contributed by atoms with Gasteiger partial charge < -0.3 is 10.1 Å². The average Bonchev–Trinajstić information content (AvgIpc) is 2.76. The van der Waals surface area contributed by atoms with Crippen LogP contribution in [0.4, 0.5) is 8.78 Å². The van der Waals surface area contributed by atoms with E-state index in [2.05, 4.69) is 21.2 Å². The van der Waals surface area contributed by atoms with Crippen molar-refractivity contribution in [2.24, 2.45) is 0 Å². The zero-order valence-corrected chi connectivity index (χ0v) is 10.4. The lowest BCUT2D eigenvalue weighted by molar-refractivity contribution is 0.371. The summed E-state index contributed by atoms with van der Waals surface area (Å²) in [5.74, 6) is -0.957. The van der Waals surface area contributed by atoms with E-state index in [1.54, 1.807) is 0 Å². The lowest BCUT2D eigenvalue weighted by atomic mass is 9.96. The van der Waals surface area contributed by atoms with Crippen molar-refractivity contribution in [1.82, 2.24) is 5.32 Å². The number of rotatable bonds is 2. The molecule has 1 saturated heterocycles. The number of methoxy groups -OCH3 is 1. The van der Waals surface area contributed by atoms with Crippen molar-refractivity contribution < 1.29 is 13.5 Å². The highest BCUT2D eigenvalue weighted by Crippen LogP contribution is 2.38. The van der Waals surface area contributed by atoms with E-state index in [9.17, 15) is 8.78 Å². The van der Waals surface area contributed by atoms with Gasteiger partial charge in [-0.15, -0.1) is 0 Å². The Kier molecular flexibility index (Phi) is 3.44. The minimum absolute atomic E-state index is 0.0226. The third-order valence-electron chi connectivity index (χ3n) is 2.83. The summed E-state index contributed by atoms with van der Waals surface area (Å²) in [6.45, 7) is 1.48. The Morgan fingerprint density at radius 1 is 1.50 bits per heavy atom. The Labute approximate surface area is 101 Å². The van der Waals surface area contributed by atoms with Gasteiger partial charge in [-0.25, -0.2) is 8.78 Å². The minimum Gasteiger partial charge on any atom is -0.493 e. The fourth-order valence-corrected chi connectivity index (χ4v) is 2.48. The molecule has 0 aromatic heterocycles. The van der Waals surface area contributed by atoms with Crippen molar-refractivity contribution in [3.63, 3.8) is 0 Å². The molecule has 1 N–H and O–H groups in total. The van der Waals surface area contributed by atoms with Gasteiger partial charge in [0.05, 0.1) is 11.6 Å². The molecular weight excluding hydrogens is 280 g/mol. The van der Waals surface area contributed by atoms with E-state index in [4.69, 9.17) is 4.74 Å². The largest absolute Gasteiger partial charge is 0.493 e. The van der Waals surface area contributed by atoms with Gasteiger partial charge >= 0.3 is 0 Å². The summed E-state index contributed by atoms with van der Waals surface area (Å²) in [7, 11) is 1.36. The van der Waals surface area contributed by atoms with Crippen LogP contribution in [-0.2, 0) is 0 Å². The van der Waals surface area contributed by atoms with Crippen LogP contribution in [0.5, 0.6) is 5.75 Å². The molecule has 2 rings (SSSR count). The van der Waals surface area contributed by atoms with Crippen LogP contribution in [0.1, 0.15) is 17.9 Å². The highest BCUT2D eigenvalue weighted by atomic mass is 79.9. The minimum atomic E-state index is -0.530. The van der Waals surface area contributed by atoms with E-state index in [0.717, 1.165) is 19.0 Å². The van der Waals surface area contributed by atoms with Crippen LogP contribution in [0.15, 0.2) is 10.5 Å². The van der Waals surface area contributed by atoms with Gasteiger partial charge in [0.1, 0.15) is 5.82 Å². The molecule has 2 nitrogen and oxygen atoms in total. The maximum atomic E-state index is 14.0. The molecule has 0 bridgehead atoms. The molecule has 1 unspecified atom stereocenters. The monoisotopic (exact) mass is 291 g/mol. The molecule has 0 aliphatic carbocycles. The van der Waals surface area contributed by atoms with Gasteiger partial charge in [-0.2, -0.15) is 0 Å². The zero-order valence-electron chi connectivity index (χ0n) is 8.82. The average molecular weight is 292 g/mol. The molecule has 1 heterocycles. The normalized spacial score (nSPS) is 20.1. The second-order valence-electron chi connectivity index (χ2n) is 3.79. The molecule has 1 atom stereocenters. The van der Waals surface area contributed by atoms with Crippen molar-refractivity contribution in [2.75, 3.05) is 20.2 Å². The maximum absolute atomic E-state index is 14.0. The van der Waals surface area contributed by atoms with Crippen molar-refractivity contribution >= 4 is 15.9 Å². The highest BCUT2D eigenvalue weighted by Gasteiger charge is 2.27. The molecule has 1 aliphatic rings. The van der Waals surface area contributed by atoms with E-state index < -0.39 is 11.6 Å². The first-order valence-corrected chi connectivity index (χ1v) is 5.86. The van der Waals surface area contributed by atoms with E-state index in [0.29, 0.717) is 12.1 Å². The second kappa shape index (κ2) is 4.67. The Hall–Kier alpha value is -0.680. The lowest BCUT2D eigenvalue weighted by Gasteiger charge is -2.16. The summed E-state index contributed by atoms with van der Waals surface area (Å²) in [5.41, 5.74) is 0.333. The van der Waals surface area contributed by atoms with Crippen LogP contribution >= 0.6 is 15.9 Å². The van der Waals surface area contributed by atoms with E-state index in [1.807, 2.05) is 0 Å². The van der Waals surface area contributed by atoms with E-state index in [-0.39, 0.29) is 16.1 Å². The summed E-state index contributed by atoms with van der Waals surface area (Å²) < 4.78 is 32.7. The standard InChI is InChI=1S/C11H12BrF2NO/c1-16-11-8(13)4-7(12)10(14)9(11)6-2-3-15-5-6/h4,6,15H,2-3,5H2,1H3. The lowest BCUT2D eigenvalue weighted by Crippen LogP contribution is -2.11. The van der Waals surface area contributed by atoms with Crippen LogP contribution in [0, 0.1) is 11.6 Å². The predicted molar refractivity (Wildman–Crippen MR) is 60.8 cm³/mol. The van der Waals surface area contributed by atoms with Gasteiger partial charge in [0.15, 0.2) is 11.6 Å². The smallest absolute Gasteiger partial charge is 0.166 e. The molecule has 1 fully saturated rings. The molecular formula is C11H12BrF2NO. The number of hydrogen-bond donors (Lipinski definition) is 1. The summed E-state index contributed by atoms with van der Waals surface area (Å²) >= 11 is 3.02. The van der Waals surface area contributed by atoms with Crippen molar-refractivity contribution in [1.29, 1.82) is 0 Å². The Balaban J connectivity index is 2.54.